The fourth-order valence-corrected chi connectivity index (χ4v) is 2.27. The fraction of sp³-hybridized carbons (Fsp3) is 0.0588. The number of benzene rings is 2. The summed E-state index contributed by atoms with van der Waals surface area (Å²) in [6.07, 6.45) is 1.26. The minimum atomic E-state index is -0.299. The van der Waals surface area contributed by atoms with E-state index in [1.54, 1.807) is 24.3 Å². The average Bonchev–Trinajstić information content (AvgIpc) is 2.82. The van der Waals surface area contributed by atoms with Gasteiger partial charge in [-0.25, -0.2) is 0 Å². The van der Waals surface area contributed by atoms with Gasteiger partial charge in [0.25, 0.3) is 0 Å². The third-order valence-corrected chi connectivity index (χ3v) is 3.39. The quantitative estimate of drug-likeness (QED) is 0.672. The van der Waals surface area contributed by atoms with E-state index >= 15 is 0 Å². The molecule has 0 saturated heterocycles. The minimum Gasteiger partial charge on any atom is -0.508 e. The standard InChI is InChI=1S/C17H13NO4/c1-22-12-4-2-3-10(7-12)16(20)9-15-17(21)13-6-5-11(19)8-14(13)18-15/h2-9,18-19H,1H3. The second-order valence-electron chi connectivity index (χ2n) is 4.84. The molecule has 0 bridgehead atoms. The van der Waals surface area contributed by atoms with E-state index in [1.807, 2.05) is 0 Å². The maximum atomic E-state index is 12.3. The highest BCUT2D eigenvalue weighted by Crippen LogP contribution is 2.31. The lowest BCUT2D eigenvalue weighted by Crippen LogP contribution is -2.05. The Kier molecular flexibility index (Phi) is 3.39. The predicted molar refractivity (Wildman–Crippen MR) is 81.5 cm³/mol. The van der Waals surface area contributed by atoms with Crippen molar-refractivity contribution < 1.29 is 19.4 Å². The van der Waals surface area contributed by atoms with Crippen LogP contribution in [-0.4, -0.2) is 23.8 Å². The van der Waals surface area contributed by atoms with Crippen molar-refractivity contribution in [3.63, 3.8) is 0 Å². The molecule has 2 N–H and O–H groups in total. The minimum absolute atomic E-state index is 0.0550. The largest absolute Gasteiger partial charge is 0.508 e. The van der Waals surface area contributed by atoms with Crippen molar-refractivity contribution in [1.29, 1.82) is 0 Å². The molecule has 0 saturated carbocycles. The van der Waals surface area contributed by atoms with Crippen molar-refractivity contribution in [3.05, 3.63) is 65.4 Å². The van der Waals surface area contributed by atoms with Crippen LogP contribution in [0.25, 0.3) is 0 Å². The molecule has 0 unspecified atom stereocenters. The van der Waals surface area contributed by atoms with Gasteiger partial charge >= 0.3 is 0 Å². The van der Waals surface area contributed by atoms with Crippen molar-refractivity contribution in [1.82, 2.24) is 0 Å². The van der Waals surface area contributed by atoms with E-state index in [2.05, 4.69) is 5.32 Å². The Hall–Kier alpha value is -3.08. The summed E-state index contributed by atoms with van der Waals surface area (Å²) in [7, 11) is 1.52. The molecule has 1 aliphatic rings. The molecule has 5 nitrogen and oxygen atoms in total. The summed E-state index contributed by atoms with van der Waals surface area (Å²) in [6.45, 7) is 0. The van der Waals surface area contributed by atoms with Crippen LogP contribution in [0.5, 0.6) is 11.5 Å². The van der Waals surface area contributed by atoms with Crippen LogP contribution < -0.4 is 10.1 Å². The van der Waals surface area contributed by atoms with Crippen LogP contribution >= 0.6 is 0 Å². The summed E-state index contributed by atoms with van der Waals surface area (Å²) < 4.78 is 5.08. The SMILES string of the molecule is COc1cccc(C(=O)C=C2Nc3cc(O)ccc3C2=O)c1. The molecular formula is C17H13NO4. The molecule has 0 aromatic heterocycles. The molecule has 0 amide bonds. The van der Waals surface area contributed by atoms with Gasteiger partial charge in [0.15, 0.2) is 5.78 Å². The number of rotatable bonds is 3. The molecule has 0 fully saturated rings. The number of aromatic hydroxyl groups is 1. The number of phenolic OH excluding ortho intramolecular Hbond substituents is 1. The zero-order chi connectivity index (χ0) is 15.7. The van der Waals surface area contributed by atoms with Crippen molar-refractivity contribution >= 4 is 17.3 Å². The number of fused-ring (bicyclic) bond motifs is 1. The van der Waals surface area contributed by atoms with Crippen LogP contribution in [0.3, 0.4) is 0 Å². The highest BCUT2D eigenvalue weighted by Gasteiger charge is 2.25. The predicted octanol–water partition coefficient (Wildman–Crippen LogP) is 2.78. The number of carbonyl (C=O) groups is 2. The molecule has 2 aromatic rings. The monoisotopic (exact) mass is 295 g/mol. The highest BCUT2D eigenvalue weighted by atomic mass is 16.5. The number of allylic oxidation sites excluding steroid dienone is 2. The van der Waals surface area contributed by atoms with Gasteiger partial charge in [-0.2, -0.15) is 0 Å². The Balaban J connectivity index is 1.90. The molecule has 110 valence electrons. The van der Waals surface area contributed by atoms with Crippen molar-refractivity contribution in [2.24, 2.45) is 0 Å². The van der Waals surface area contributed by atoms with Gasteiger partial charge in [0.1, 0.15) is 11.5 Å². The van der Waals surface area contributed by atoms with Gasteiger partial charge in [-0.05, 0) is 24.3 Å². The lowest BCUT2D eigenvalue weighted by molar-refractivity contribution is 0.101. The highest BCUT2D eigenvalue weighted by molar-refractivity contribution is 6.22. The molecule has 0 aliphatic carbocycles. The molecule has 2 aromatic carbocycles. The molecule has 0 spiro atoms. The van der Waals surface area contributed by atoms with Crippen molar-refractivity contribution in [2.45, 2.75) is 0 Å². The lowest BCUT2D eigenvalue weighted by atomic mass is 10.1. The third kappa shape index (κ3) is 2.44. The number of ether oxygens (including phenoxy) is 1. The zero-order valence-electron chi connectivity index (χ0n) is 11.8. The topological polar surface area (TPSA) is 75.6 Å². The second kappa shape index (κ2) is 5.37. The molecule has 3 rings (SSSR count). The third-order valence-electron chi connectivity index (χ3n) is 3.39. The molecule has 0 radical (unpaired) electrons. The van der Waals surface area contributed by atoms with Gasteiger partial charge in [-0.3, -0.25) is 9.59 Å². The summed E-state index contributed by atoms with van der Waals surface area (Å²) in [5, 5.41) is 12.3. The number of hydrogen-bond donors (Lipinski definition) is 2. The van der Waals surface area contributed by atoms with E-state index in [-0.39, 0.29) is 23.0 Å². The first-order chi connectivity index (χ1) is 10.6. The van der Waals surface area contributed by atoms with E-state index in [1.165, 1.54) is 31.4 Å². The van der Waals surface area contributed by atoms with Crippen LogP contribution in [0.15, 0.2) is 54.2 Å². The molecule has 0 atom stereocenters. The van der Waals surface area contributed by atoms with E-state index in [0.29, 0.717) is 22.6 Å². The van der Waals surface area contributed by atoms with Crippen LogP contribution in [0.4, 0.5) is 5.69 Å². The lowest BCUT2D eigenvalue weighted by Gasteiger charge is -2.02. The first-order valence-corrected chi connectivity index (χ1v) is 6.63. The molecular weight excluding hydrogens is 282 g/mol. The van der Waals surface area contributed by atoms with E-state index in [0.717, 1.165) is 0 Å². The first kappa shape index (κ1) is 13.9. The number of phenols is 1. The summed E-state index contributed by atoms with van der Waals surface area (Å²) in [5.41, 5.74) is 1.55. The van der Waals surface area contributed by atoms with Gasteiger partial charge in [-0.15, -0.1) is 0 Å². The number of Topliss-reactive ketones (excluding diaryl/α,β-unsaturated/α-hetero) is 1. The molecule has 1 aliphatic heterocycles. The maximum absolute atomic E-state index is 12.3. The van der Waals surface area contributed by atoms with Crippen LogP contribution in [0, 0.1) is 0 Å². The zero-order valence-corrected chi connectivity index (χ0v) is 11.8. The number of carbonyl (C=O) groups excluding carboxylic acids is 2. The van der Waals surface area contributed by atoms with Gasteiger partial charge < -0.3 is 15.2 Å². The van der Waals surface area contributed by atoms with Gasteiger partial charge in [0.2, 0.25) is 5.78 Å². The Morgan fingerprint density at radius 1 is 1.23 bits per heavy atom. The van der Waals surface area contributed by atoms with Gasteiger partial charge in [0, 0.05) is 23.3 Å². The number of methoxy groups -OCH3 is 1. The van der Waals surface area contributed by atoms with Crippen molar-refractivity contribution in [2.75, 3.05) is 12.4 Å². The van der Waals surface area contributed by atoms with Crippen molar-refractivity contribution in [3.8, 4) is 11.5 Å². The summed E-state index contributed by atoms with van der Waals surface area (Å²) in [5.74, 6) is 0.0561. The Bertz CT molecular complexity index is 808. The van der Waals surface area contributed by atoms with Crippen LogP contribution in [-0.2, 0) is 0 Å². The smallest absolute Gasteiger partial charge is 0.211 e. The van der Waals surface area contributed by atoms with Gasteiger partial charge in [0.05, 0.1) is 18.5 Å². The summed E-state index contributed by atoms with van der Waals surface area (Å²) in [6, 6.07) is 11.1. The molecule has 22 heavy (non-hydrogen) atoms. The number of hydrogen-bond acceptors (Lipinski definition) is 5. The fourth-order valence-electron chi connectivity index (χ4n) is 2.27. The average molecular weight is 295 g/mol. The van der Waals surface area contributed by atoms with Crippen LogP contribution in [0.2, 0.25) is 0 Å². The Morgan fingerprint density at radius 3 is 2.82 bits per heavy atom. The van der Waals surface area contributed by atoms with Gasteiger partial charge in [-0.1, -0.05) is 12.1 Å². The van der Waals surface area contributed by atoms with E-state index < -0.39 is 0 Å². The summed E-state index contributed by atoms with van der Waals surface area (Å²) >= 11 is 0. The number of ketones is 2. The normalized spacial score (nSPS) is 14.6. The number of anilines is 1. The first-order valence-electron chi connectivity index (χ1n) is 6.63. The maximum Gasteiger partial charge on any atom is 0.211 e. The van der Waals surface area contributed by atoms with E-state index in [4.69, 9.17) is 4.74 Å². The number of nitrogens with one attached hydrogen (secondary N) is 1. The Morgan fingerprint density at radius 2 is 2.05 bits per heavy atom. The van der Waals surface area contributed by atoms with Crippen LogP contribution in [0.1, 0.15) is 20.7 Å². The van der Waals surface area contributed by atoms with E-state index in [9.17, 15) is 14.7 Å². The summed E-state index contributed by atoms with van der Waals surface area (Å²) in [4.78, 5) is 24.5. The molecule has 5 heteroatoms. The Labute approximate surface area is 126 Å². The second-order valence-corrected chi connectivity index (χ2v) is 4.84. The molecule has 1 heterocycles.